The van der Waals surface area contributed by atoms with Crippen molar-refractivity contribution < 1.29 is 29.0 Å². The van der Waals surface area contributed by atoms with E-state index in [1.165, 1.54) is 16.2 Å². The molecule has 3 aliphatic heterocycles. The highest BCUT2D eigenvalue weighted by Crippen LogP contribution is 2.41. The number of aryl methyl sites for hydroxylation is 2. The minimum absolute atomic E-state index is 0.00670. The molecule has 4 aliphatic rings. The topological polar surface area (TPSA) is 216 Å². The molecular formula is C54H69ClN10O6S2. The lowest BCUT2D eigenvalue weighted by Crippen LogP contribution is -2.60. The summed E-state index contributed by atoms with van der Waals surface area (Å²) in [5, 5.41) is 39.2. The Morgan fingerprint density at radius 1 is 0.945 bits per heavy atom. The lowest BCUT2D eigenvalue weighted by molar-refractivity contribution is -0.145. The van der Waals surface area contributed by atoms with E-state index in [-0.39, 0.29) is 73.1 Å². The highest BCUT2D eigenvalue weighted by Gasteiger charge is 2.46. The van der Waals surface area contributed by atoms with Crippen LogP contribution in [0.2, 0.25) is 5.02 Å². The standard InChI is InChI=1S/C54H69ClN10O6S2/c1-28-32(5)73-53-45(28)46(35-14-16-37(55)17-15-35)61-42(49(57)65(53)33(6)56)25-44(67)60-38-22-41(23-38)71-40-18-20-63(21-19-40)31(4)50(68)62-48(54(7,8)9)52(70)64-26-39(66)24-43(64)51(69)59-29(2)34-10-12-36(13-11-34)47-30(3)58-27-72-47/h10-17,27,29,31,38-43,48,56-57,66H,18-26H2,1-9H3,(H,59,69)(H,60,67)(H,62,68)/t29-,31+,38-,39+,41-,42-,43-,48+/m0/s1. The summed E-state index contributed by atoms with van der Waals surface area (Å²) >= 11 is 9.34. The van der Waals surface area contributed by atoms with E-state index in [1.54, 1.807) is 35.3 Å². The number of benzene rings is 2. The van der Waals surface area contributed by atoms with Crippen LogP contribution in [0.15, 0.2) is 59.0 Å². The van der Waals surface area contributed by atoms with Crippen molar-refractivity contribution in [3.05, 3.63) is 91.9 Å². The number of ether oxygens (including phenoxy) is 1. The first-order valence-electron chi connectivity index (χ1n) is 25.2. The predicted molar refractivity (Wildman–Crippen MR) is 289 cm³/mol. The minimum atomic E-state index is -0.946. The summed E-state index contributed by atoms with van der Waals surface area (Å²) in [6, 6.07) is 11.7. The molecule has 0 spiro atoms. The normalized spacial score (nSPS) is 22.9. The number of anilines is 1. The molecule has 19 heteroatoms. The number of thiazole rings is 1. The highest BCUT2D eigenvalue weighted by atomic mass is 35.5. The van der Waals surface area contributed by atoms with Gasteiger partial charge >= 0.3 is 0 Å². The summed E-state index contributed by atoms with van der Waals surface area (Å²) in [5.74, 6) is -1.02. The molecule has 0 radical (unpaired) electrons. The smallest absolute Gasteiger partial charge is 0.246 e. The van der Waals surface area contributed by atoms with Gasteiger partial charge in [0.1, 0.15) is 34.8 Å². The monoisotopic (exact) mass is 1050 g/mol. The predicted octanol–water partition coefficient (Wildman–Crippen LogP) is 7.73. The SMILES string of the molecule is CC(=N)N1C(=N)[C@H](CC(=O)N[C@H]2C[C@H](OC3CCN([C@H](C)C(=O)N[C@H](C(=O)N4C[C@H](O)C[C@H]4C(=O)N[C@@H](C)c4ccc(-c5scnc5C)cc4)C(C)(C)C)CC3)C2)N=C(c2ccc(Cl)cc2)c2c1sc(C)c2C. The molecular weight excluding hydrogens is 984 g/mol. The van der Waals surface area contributed by atoms with Crippen LogP contribution < -0.4 is 20.9 Å². The Kier molecular flexibility index (Phi) is 16.4. The number of aliphatic hydroxyl groups excluding tert-OH is 1. The number of thiophene rings is 1. The van der Waals surface area contributed by atoms with E-state index in [2.05, 4.69) is 25.8 Å². The van der Waals surface area contributed by atoms with Gasteiger partial charge in [0.25, 0.3) is 0 Å². The first kappa shape index (κ1) is 53.9. The van der Waals surface area contributed by atoms with Crippen LogP contribution in [0.4, 0.5) is 5.00 Å². The molecule has 6 atom stereocenters. The third-order valence-corrected chi connectivity index (χ3v) is 17.2. The number of piperidine rings is 1. The largest absolute Gasteiger partial charge is 0.391 e. The molecule has 0 unspecified atom stereocenters. The Bertz CT molecular complexity index is 2760. The van der Waals surface area contributed by atoms with Gasteiger partial charge in [0.2, 0.25) is 23.6 Å². The number of rotatable bonds is 14. The molecule has 0 bridgehead atoms. The van der Waals surface area contributed by atoms with Crippen molar-refractivity contribution in [1.82, 2.24) is 30.7 Å². The molecule has 2 saturated heterocycles. The van der Waals surface area contributed by atoms with E-state index < -0.39 is 41.6 Å². The number of hydrogen-bond acceptors (Lipinski definition) is 13. The summed E-state index contributed by atoms with van der Waals surface area (Å²) in [4.78, 5) is 72.5. The molecule has 4 amide bonds. The third-order valence-electron chi connectivity index (χ3n) is 14.8. The number of amides is 4. The number of aliphatic imine (C=N–C) groups is 1. The molecule has 2 aromatic carbocycles. The average Bonchev–Trinajstić information content (AvgIpc) is 4.01. The summed E-state index contributed by atoms with van der Waals surface area (Å²) in [6.07, 6.45) is 1.90. The third kappa shape index (κ3) is 11.9. The van der Waals surface area contributed by atoms with E-state index in [9.17, 15) is 29.7 Å². The van der Waals surface area contributed by atoms with Crippen molar-refractivity contribution >= 4 is 80.3 Å². The fraction of sp³-hybridized carbons (Fsp3) is 0.519. The van der Waals surface area contributed by atoms with Crippen LogP contribution in [0, 0.1) is 37.0 Å². The lowest BCUT2D eigenvalue weighted by Gasteiger charge is -2.41. The number of carbonyl (C=O) groups is 4. The second-order valence-corrected chi connectivity index (χ2v) is 23.7. The fourth-order valence-electron chi connectivity index (χ4n) is 10.3. The zero-order chi connectivity index (χ0) is 52.6. The van der Waals surface area contributed by atoms with Crippen LogP contribution >= 0.6 is 34.3 Å². The first-order chi connectivity index (χ1) is 34.6. The quantitative estimate of drug-likeness (QED) is 0.0538. The molecule has 4 aromatic rings. The van der Waals surface area contributed by atoms with Gasteiger partial charge in [-0.15, -0.1) is 22.7 Å². The van der Waals surface area contributed by atoms with Crippen LogP contribution in [-0.4, -0.2) is 129 Å². The van der Waals surface area contributed by atoms with Gasteiger partial charge < -0.3 is 30.7 Å². The number of nitrogens with zero attached hydrogens (tertiary/aromatic N) is 5. The van der Waals surface area contributed by atoms with Crippen molar-refractivity contribution in [1.29, 1.82) is 10.8 Å². The molecule has 73 heavy (non-hydrogen) atoms. The molecule has 2 aromatic heterocycles. The fourth-order valence-corrected chi connectivity index (χ4v) is 12.4. The maximum atomic E-state index is 14.4. The summed E-state index contributed by atoms with van der Waals surface area (Å²) in [5.41, 5.74) is 7.41. The van der Waals surface area contributed by atoms with Gasteiger partial charge in [0, 0.05) is 53.1 Å². The Hall–Kier alpha value is -5.37. The van der Waals surface area contributed by atoms with Crippen molar-refractivity contribution in [3.63, 3.8) is 0 Å². The van der Waals surface area contributed by atoms with Crippen molar-refractivity contribution in [2.75, 3.05) is 24.5 Å². The number of fused-ring (bicyclic) bond motifs is 1. The molecule has 16 nitrogen and oxygen atoms in total. The minimum Gasteiger partial charge on any atom is -0.391 e. The van der Waals surface area contributed by atoms with Gasteiger partial charge in [-0.3, -0.25) is 44.8 Å². The number of amidine groups is 2. The number of carbonyl (C=O) groups excluding carboxylic acids is 4. The van der Waals surface area contributed by atoms with Crippen LogP contribution in [0.3, 0.4) is 0 Å². The number of β-amino-alcohol motifs (C(OH)–C–C–N with tert-alkyl or cyclic N) is 1. The van der Waals surface area contributed by atoms with Gasteiger partial charge in [0.05, 0.1) is 58.6 Å². The highest BCUT2D eigenvalue weighted by molar-refractivity contribution is 7.17. The maximum absolute atomic E-state index is 14.4. The van der Waals surface area contributed by atoms with E-state index in [4.69, 9.17) is 26.7 Å². The van der Waals surface area contributed by atoms with Gasteiger partial charge in [-0.05, 0) is 101 Å². The maximum Gasteiger partial charge on any atom is 0.246 e. The Labute approximate surface area is 441 Å². The molecule has 8 rings (SSSR count). The Morgan fingerprint density at radius 2 is 1.60 bits per heavy atom. The number of nitrogens with one attached hydrogen (secondary N) is 5. The molecule has 3 fully saturated rings. The van der Waals surface area contributed by atoms with Crippen LogP contribution in [0.5, 0.6) is 0 Å². The van der Waals surface area contributed by atoms with Crippen LogP contribution in [0.1, 0.15) is 119 Å². The number of halogens is 1. The molecule has 1 aliphatic carbocycles. The van der Waals surface area contributed by atoms with E-state index in [0.29, 0.717) is 36.7 Å². The second-order valence-electron chi connectivity index (χ2n) is 21.2. The Balaban J connectivity index is 0.807. The average molecular weight is 1050 g/mol. The molecule has 390 valence electrons. The summed E-state index contributed by atoms with van der Waals surface area (Å²) in [7, 11) is 0. The van der Waals surface area contributed by atoms with E-state index in [1.807, 2.05) is 97.3 Å². The molecule has 1 saturated carbocycles. The van der Waals surface area contributed by atoms with Crippen LogP contribution in [-0.2, 0) is 23.9 Å². The molecule has 5 heterocycles. The van der Waals surface area contributed by atoms with Crippen LogP contribution in [0.25, 0.3) is 10.4 Å². The number of hydrogen-bond donors (Lipinski definition) is 6. The van der Waals surface area contributed by atoms with Gasteiger partial charge in [0.15, 0.2) is 0 Å². The number of likely N-dealkylation sites (tertiary alicyclic amines) is 2. The van der Waals surface area contributed by atoms with Crippen molar-refractivity contribution in [2.24, 2.45) is 10.4 Å². The zero-order valence-corrected chi connectivity index (χ0v) is 45.6. The zero-order valence-electron chi connectivity index (χ0n) is 43.2. The van der Waals surface area contributed by atoms with E-state index >= 15 is 0 Å². The summed E-state index contributed by atoms with van der Waals surface area (Å²) in [6.45, 7) is 18.3. The van der Waals surface area contributed by atoms with E-state index in [0.717, 1.165) is 61.1 Å². The number of aliphatic hydroxyl groups is 1. The molecule has 6 N–H and O–H groups in total. The van der Waals surface area contributed by atoms with Crippen molar-refractivity contribution in [2.45, 2.75) is 155 Å². The lowest BCUT2D eigenvalue weighted by atomic mass is 9.85. The van der Waals surface area contributed by atoms with Gasteiger partial charge in [-0.1, -0.05) is 68.8 Å². The van der Waals surface area contributed by atoms with Gasteiger partial charge in [-0.25, -0.2) is 4.98 Å². The number of aromatic nitrogens is 1. The van der Waals surface area contributed by atoms with Crippen molar-refractivity contribution in [3.8, 4) is 10.4 Å². The second kappa shape index (κ2) is 22.2. The van der Waals surface area contributed by atoms with Gasteiger partial charge in [-0.2, -0.15) is 0 Å². The Morgan fingerprint density at radius 3 is 2.22 bits per heavy atom. The summed E-state index contributed by atoms with van der Waals surface area (Å²) < 4.78 is 6.50. The first-order valence-corrected chi connectivity index (χ1v) is 27.3.